The Hall–Kier alpha value is -0.570. The van der Waals surface area contributed by atoms with Gasteiger partial charge in [0.25, 0.3) is 0 Å². The molecule has 0 aromatic rings. The van der Waals surface area contributed by atoms with E-state index in [-0.39, 0.29) is 0 Å². The minimum atomic E-state index is 0.435. The lowest BCUT2D eigenvalue weighted by Gasteiger charge is -2.14. The lowest BCUT2D eigenvalue weighted by atomic mass is 10.4. The SMILES string of the molecule is CCOC(=N)CCN1CCCC1. The van der Waals surface area contributed by atoms with Gasteiger partial charge in [0, 0.05) is 13.0 Å². The molecule has 0 spiro atoms. The number of likely N-dealkylation sites (tertiary alicyclic amines) is 1. The van der Waals surface area contributed by atoms with Crippen LogP contribution in [0.4, 0.5) is 0 Å². The Kier molecular flexibility index (Phi) is 4.08. The molecule has 1 aliphatic heterocycles. The van der Waals surface area contributed by atoms with Gasteiger partial charge in [0.1, 0.15) is 0 Å². The van der Waals surface area contributed by atoms with Crippen LogP contribution in [0.5, 0.6) is 0 Å². The van der Waals surface area contributed by atoms with Crippen molar-refractivity contribution in [2.45, 2.75) is 26.2 Å². The van der Waals surface area contributed by atoms with Crippen LogP contribution in [-0.2, 0) is 4.74 Å². The Labute approximate surface area is 74.2 Å². The van der Waals surface area contributed by atoms with Crippen LogP contribution in [0.1, 0.15) is 26.2 Å². The van der Waals surface area contributed by atoms with Crippen molar-refractivity contribution in [1.29, 1.82) is 5.41 Å². The first-order valence-electron chi connectivity index (χ1n) is 4.75. The summed E-state index contributed by atoms with van der Waals surface area (Å²) < 4.78 is 5.06. The minimum absolute atomic E-state index is 0.435. The van der Waals surface area contributed by atoms with Crippen molar-refractivity contribution in [1.82, 2.24) is 4.90 Å². The Balaban J connectivity index is 2.03. The Morgan fingerprint density at radius 3 is 2.67 bits per heavy atom. The quantitative estimate of drug-likeness (QED) is 0.512. The van der Waals surface area contributed by atoms with E-state index in [1.165, 1.54) is 25.9 Å². The van der Waals surface area contributed by atoms with Crippen molar-refractivity contribution in [3.63, 3.8) is 0 Å². The van der Waals surface area contributed by atoms with E-state index in [9.17, 15) is 0 Å². The number of hydrogen-bond acceptors (Lipinski definition) is 3. The number of rotatable bonds is 4. The summed E-state index contributed by atoms with van der Waals surface area (Å²) in [7, 11) is 0. The summed E-state index contributed by atoms with van der Waals surface area (Å²) in [5, 5.41) is 7.40. The highest BCUT2D eigenvalue weighted by atomic mass is 16.5. The molecule has 1 aliphatic rings. The van der Waals surface area contributed by atoms with Gasteiger partial charge in [-0.15, -0.1) is 0 Å². The van der Waals surface area contributed by atoms with E-state index < -0.39 is 0 Å². The lowest BCUT2D eigenvalue weighted by molar-refractivity contribution is 0.293. The maximum atomic E-state index is 7.40. The molecule has 3 heteroatoms. The predicted octanol–water partition coefficient (Wildman–Crippen LogP) is 1.49. The van der Waals surface area contributed by atoms with Gasteiger partial charge in [-0.2, -0.15) is 0 Å². The minimum Gasteiger partial charge on any atom is -0.481 e. The number of hydrogen-bond donors (Lipinski definition) is 1. The van der Waals surface area contributed by atoms with Crippen molar-refractivity contribution in [2.24, 2.45) is 0 Å². The van der Waals surface area contributed by atoms with Crippen molar-refractivity contribution in [3.05, 3.63) is 0 Å². The first-order valence-corrected chi connectivity index (χ1v) is 4.75. The molecular weight excluding hydrogens is 152 g/mol. The summed E-state index contributed by atoms with van der Waals surface area (Å²) in [6, 6.07) is 0. The van der Waals surface area contributed by atoms with Gasteiger partial charge in [0.05, 0.1) is 6.61 Å². The molecule has 0 aromatic heterocycles. The molecule has 3 nitrogen and oxygen atoms in total. The second-order valence-corrected chi connectivity index (χ2v) is 3.15. The Bertz CT molecular complexity index is 141. The summed E-state index contributed by atoms with van der Waals surface area (Å²) in [6.45, 7) is 5.96. The molecule has 0 saturated carbocycles. The standard InChI is InChI=1S/C9H18N2O/c1-2-12-9(10)5-8-11-6-3-4-7-11/h10H,2-8H2,1H3. The summed E-state index contributed by atoms with van der Waals surface area (Å²) in [6.07, 6.45) is 3.41. The fourth-order valence-electron chi connectivity index (χ4n) is 1.51. The van der Waals surface area contributed by atoms with Crippen LogP contribution in [0.3, 0.4) is 0 Å². The number of nitrogens with one attached hydrogen (secondary N) is 1. The van der Waals surface area contributed by atoms with Gasteiger partial charge in [0.2, 0.25) is 0 Å². The molecule has 0 amide bonds. The van der Waals surface area contributed by atoms with E-state index >= 15 is 0 Å². The maximum Gasteiger partial charge on any atom is 0.181 e. The number of ether oxygens (including phenoxy) is 1. The molecule has 0 aliphatic carbocycles. The normalized spacial score (nSPS) is 18.1. The molecule has 1 fully saturated rings. The van der Waals surface area contributed by atoms with Crippen LogP contribution in [0, 0.1) is 5.41 Å². The highest BCUT2D eigenvalue weighted by Crippen LogP contribution is 2.07. The van der Waals surface area contributed by atoms with Crippen LogP contribution in [-0.4, -0.2) is 37.0 Å². The van der Waals surface area contributed by atoms with Gasteiger partial charge in [-0.3, -0.25) is 5.41 Å². The van der Waals surface area contributed by atoms with E-state index in [0.717, 1.165) is 13.0 Å². The third kappa shape index (κ3) is 3.22. The molecule has 1 heterocycles. The largest absolute Gasteiger partial charge is 0.481 e. The molecule has 1 N–H and O–H groups in total. The summed E-state index contributed by atoms with van der Waals surface area (Å²) in [4.78, 5) is 2.40. The zero-order valence-corrected chi connectivity index (χ0v) is 7.81. The fraction of sp³-hybridized carbons (Fsp3) is 0.889. The van der Waals surface area contributed by atoms with Crippen LogP contribution >= 0.6 is 0 Å². The van der Waals surface area contributed by atoms with Gasteiger partial charge >= 0.3 is 0 Å². The van der Waals surface area contributed by atoms with Crippen molar-refractivity contribution in [2.75, 3.05) is 26.2 Å². The molecule has 0 unspecified atom stereocenters. The van der Waals surface area contributed by atoms with Gasteiger partial charge < -0.3 is 9.64 Å². The van der Waals surface area contributed by atoms with Gasteiger partial charge in [-0.25, -0.2) is 0 Å². The molecule has 12 heavy (non-hydrogen) atoms. The summed E-state index contributed by atoms with van der Waals surface area (Å²) in [5.41, 5.74) is 0. The van der Waals surface area contributed by atoms with Gasteiger partial charge in [0.15, 0.2) is 5.90 Å². The number of nitrogens with zero attached hydrogens (tertiary/aromatic N) is 1. The van der Waals surface area contributed by atoms with Crippen LogP contribution < -0.4 is 0 Å². The Morgan fingerprint density at radius 1 is 1.42 bits per heavy atom. The summed E-state index contributed by atoms with van der Waals surface area (Å²) in [5.74, 6) is 0.435. The predicted molar refractivity (Wildman–Crippen MR) is 49.6 cm³/mol. The van der Waals surface area contributed by atoms with E-state index in [0.29, 0.717) is 12.5 Å². The fourth-order valence-corrected chi connectivity index (χ4v) is 1.51. The molecule has 1 rings (SSSR count). The van der Waals surface area contributed by atoms with E-state index in [2.05, 4.69) is 4.90 Å². The average Bonchev–Trinajstić information content (AvgIpc) is 2.53. The second-order valence-electron chi connectivity index (χ2n) is 3.15. The third-order valence-corrected chi connectivity index (χ3v) is 2.17. The molecule has 1 saturated heterocycles. The molecule has 0 aromatic carbocycles. The first kappa shape index (κ1) is 9.52. The smallest absolute Gasteiger partial charge is 0.181 e. The lowest BCUT2D eigenvalue weighted by Crippen LogP contribution is -2.23. The molecule has 70 valence electrons. The Morgan fingerprint density at radius 2 is 2.08 bits per heavy atom. The van der Waals surface area contributed by atoms with Crippen molar-refractivity contribution in [3.8, 4) is 0 Å². The monoisotopic (exact) mass is 170 g/mol. The third-order valence-electron chi connectivity index (χ3n) is 2.17. The first-order chi connectivity index (χ1) is 5.83. The molecule has 0 bridgehead atoms. The van der Waals surface area contributed by atoms with Crippen LogP contribution in [0.25, 0.3) is 0 Å². The van der Waals surface area contributed by atoms with E-state index in [1.54, 1.807) is 0 Å². The highest BCUT2D eigenvalue weighted by Gasteiger charge is 2.11. The van der Waals surface area contributed by atoms with Crippen LogP contribution in [0.15, 0.2) is 0 Å². The zero-order chi connectivity index (χ0) is 8.81. The van der Waals surface area contributed by atoms with Crippen LogP contribution in [0.2, 0.25) is 0 Å². The molecule has 0 atom stereocenters. The van der Waals surface area contributed by atoms with E-state index in [1.807, 2.05) is 6.92 Å². The van der Waals surface area contributed by atoms with Crippen molar-refractivity contribution < 1.29 is 4.74 Å². The molecule has 0 radical (unpaired) electrons. The van der Waals surface area contributed by atoms with E-state index in [4.69, 9.17) is 10.1 Å². The second kappa shape index (κ2) is 5.14. The molecular formula is C9H18N2O. The highest BCUT2D eigenvalue weighted by molar-refractivity contribution is 5.72. The average molecular weight is 170 g/mol. The topological polar surface area (TPSA) is 36.3 Å². The maximum absolute atomic E-state index is 7.40. The van der Waals surface area contributed by atoms with Gasteiger partial charge in [-0.1, -0.05) is 0 Å². The van der Waals surface area contributed by atoms with Gasteiger partial charge in [-0.05, 0) is 32.9 Å². The summed E-state index contributed by atoms with van der Waals surface area (Å²) >= 11 is 0. The van der Waals surface area contributed by atoms with Crippen molar-refractivity contribution >= 4 is 5.90 Å². The zero-order valence-electron chi connectivity index (χ0n) is 7.81.